The Hall–Kier alpha value is -3.75. The fraction of sp³-hybridized carbons (Fsp3) is 0.222. The Kier molecular flexibility index (Phi) is 7.42. The molecule has 0 aliphatic rings. The Balaban J connectivity index is 0.00000337. The number of imidazole rings is 1. The normalized spacial score (nSPS) is 12.0. The minimum absolute atomic E-state index is 0. The number of aromatic hydroxyl groups is 1. The molecule has 2 aromatic heterocycles. The molecule has 0 bridgehead atoms. The van der Waals surface area contributed by atoms with E-state index in [2.05, 4.69) is 94.6 Å². The van der Waals surface area contributed by atoms with E-state index >= 15 is 0 Å². The molecule has 0 aliphatic heterocycles. The van der Waals surface area contributed by atoms with Crippen molar-refractivity contribution in [1.82, 2.24) is 14.5 Å². The number of benzene rings is 4. The van der Waals surface area contributed by atoms with Gasteiger partial charge in [0, 0.05) is 49.4 Å². The SMILES string of the molecule is CC(C)(C)c1cc(-c2[c-]c(-c3nc4c(-c5ccccc5O)cccc4n3C(C)(C)C)ccc2)c2ncccc2c1.[Pt]. The van der Waals surface area contributed by atoms with E-state index in [1.54, 1.807) is 6.07 Å². The summed E-state index contributed by atoms with van der Waals surface area (Å²) < 4.78 is 2.28. The third-order valence-electron chi connectivity index (χ3n) is 7.45. The van der Waals surface area contributed by atoms with Gasteiger partial charge in [0.15, 0.2) is 0 Å². The van der Waals surface area contributed by atoms with Gasteiger partial charge in [-0.1, -0.05) is 80.4 Å². The van der Waals surface area contributed by atoms with Gasteiger partial charge in [-0.05, 0) is 55.3 Å². The summed E-state index contributed by atoms with van der Waals surface area (Å²) in [6.45, 7) is 13.3. The van der Waals surface area contributed by atoms with Crippen molar-refractivity contribution >= 4 is 21.9 Å². The molecule has 4 nitrogen and oxygen atoms in total. The molecule has 0 unspecified atom stereocenters. The minimum atomic E-state index is -0.244. The van der Waals surface area contributed by atoms with E-state index < -0.39 is 0 Å². The van der Waals surface area contributed by atoms with Gasteiger partial charge in [0.05, 0.1) is 16.9 Å². The van der Waals surface area contributed by atoms with Crippen LogP contribution in [0, 0.1) is 6.07 Å². The first-order chi connectivity index (χ1) is 19.0. The van der Waals surface area contributed by atoms with E-state index in [1.165, 1.54) is 5.56 Å². The molecule has 0 saturated carbocycles. The fourth-order valence-corrected chi connectivity index (χ4v) is 5.46. The zero-order valence-electron chi connectivity index (χ0n) is 24.3. The van der Waals surface area contributed by atoms with Crippen molar-refractivity contribution in [2.75, 3.05) is 0 Å². The van der Waals surface area contributed by atoms with Gasteiger partial charge in [-0.15, -0.1) is 29.8 Å². The van der Waals surface area contributed by atoms with Crippen molar-refractivity contribution in [3.05, 3.63) is 103 Å². The van der Waals surface area contributed by atoms with Gasteiger partial charge in [-0.2, -0.15) is 0 Å². The number of phenols is 1. The Morgan fingerprint density at radius 1 is 0.707 bits per heavy atom. The Morgan fingerprint density at radius 3 is 2.15 bits per heavy atom. The van der Waals surface area contributed by atoms with E-state index in [4.69, 9.17) is 9.97 Å². The Labute approximate surface area is 256 Å². The number of hydrogen-bond acceptors (Lipinski definition) is 3. The van der Waals surface area contributed by atoms with Crippen molar-refractivity contribution in [3.8, 4) is 39.4 Å². The number of para-hydroxylation sites is 2. The van der Waals surface area contributed by atoms with E-state index in [9.17, 15) is 5.11 Å². The van der Waals surface area contributed by atoms with Gasteiger partial charge in [0.25, 0.3) is 0 Å². The molecular formula is C36H34N3OPt-. The summed E-state index contributed by atoms with van der Waals surface area (Å²) in [6, 6.07) is 32.2. The van der Waals surface area contributed by atoms with E-state index in [0.717, 1.165) is 55.6 Å². The molecule has 0 amide bonds. The molecule has 0 aliphatic carbocycles. The second-order valence-electron chi connectivity index (χ2n) is 12.5. The van der Waals surface area contributed by atoms with Gasteiger partial charge in [0.2, 0.25) is 0 Å². The van der Waals surface area contributed by atoms with Crippen molar-refractivity contribution in [1.29, 1.82) is 0 Å². The van der Waals surface area contributed by atoms with Gasteiger partial charge in [0.1, 0.15) is 5.75 Å². The first-order valence-corrected chi connectivity index (χ1v) is 13.7. The topological polar surface area (TPSA) is 50.9 Å². The summed E-state index contributed by atoms with van der Waals surface area (Å²) in [6.07, 6.45) is 1.85. The predicted octanol–water partition coefficient (Wildman–Crippen LogP) is 9.14. The number of hydrogen-bond donors (Lipinski definition) is 1. The van der Waals surface area contributed by atoms with E-state index in [0.29, 0.717) is 0 Å². The molecule has 1 N–H and O–H groups in total. The van der Waals surface area contributed by atoms with Crippen molar-refractivity contribution < 1.29 is 26.2 Å². The van der Waals surface area contributed by atoms with E-state index in [1.807, 2.05) is 42.6 Å². The fourth-order valence-electron chi connectivity index (χ4n) is 5.46. The van der Waals surface area contributed by atoms with Crippen molar-refractivity contribution in [2.45, 2.75) is 52.5 Å². The first kappa shape index (κ1) is 28.8. The molecule has 4 aromatic carbocycles. The number of aromatic nitrogens is 3. The van der Waals surface area contributed by atoms with Crippen LogP contribution in [-0.4, -0.2) is 19.6 Å². The van der Waals surface area contributed by atoms with Crippen LogP contribution in [-0.2, 0) is 32.0 Å². The second-order valence-corrected chi connectivity index (χ2v) is 12.5. The molecule has 210 valence electrons. The van der Waals surface area contributed by atoms with Crippen LogP contribution in [0.1, 0.15) is 47.1 Å². The molecule has 6 rings (SSSR count). The van der Waals surface area contributed by atoms with Crippen molar-refractivity contribution in [3.63, 3.8) is 0 Å². The molecule has 0 fully saturated rings. The first-order valence-electron chi connectivity index (χ1n) is 13.7. The van der Waals surface area contributed by atoms with Crippen LogP contribution in [0.2, 0.25) is 0 Å². The van der Waals surface area contributed by atoms with Gasteiger partial charge >= 0.3 is 0 Å². The second kappa shape index (κ2) is 10.6. The number of nitrogens with zero attached hydrogens (tertiary/aromatic N) is 3. The summed E-state index contributed by atoms with van der Waals surface area (Å²) in [5, 5.41) is 11.8. The molecular weight excluding hydrogens is 685 g/mol. The average Bonchev–Trinajstić information content (AvgIpc) is 3.33. The zero-order chi connectivity index (χ0) is 28.2. The molecule has 2 heterocycles. The van der Waals surface area contributed by atoms with Gasteiger partial charge < -0.3 is 9.67 Å². The number of fused-ring (bicyclic) bond motifs is 2. The quantitative estimate of drug-likeness (QED) is 0.186. The van der Waals surface area contributed by atoms with Crippen molar-refractivity contribution in [2.24, 2.45) is 0 Å². The van der Waals surface area contributed by atoms with Gasteiger partial charge in [-0.25, -0.2) is 0 Å². The largest absolute Gasteiger partial charge is 0.507 e. The molecule has 41 heavy (non-hydrogen) atoms. The maximum Gasteiger partial charge on any atom is 0.123 e. The van der Waals surface area contributed by atoms with Crippen LogP contribution in [0.4, 0.5) is 0 Å². The summed E-state index contributed by atoms with van der Waals surface area (Å²) >= 11 is 0. The standard InChI is InChI=1S/C36H34N3O.Pt/c1-35(2,3)26-21-24-14-11-19-37-32(24)29(22-26)23-12-9-13-25(20-23)34-38-33-28(27-15-7-8-18-31(27)40)16-10-17-30(33)39(34)36(4,5)6;/h7-19,21-22,40H,1-6H3;/q-1;. The van der Waals surface area contributed by atoms with Crippen LogP contribution < -0.4 is 0 Å². The van der Waals surface area contributed by atoms with Crippen LogP contribution >= 0.6 is 0 Å². The Morgan fingerprint density at radius 2 is 1.41 bits per heavy atom. The third kappa shape index (κ3) is 5.22. The third-order valence-corrected chi connectivity index (χ3v) is 7.45. The van der Waals surface area contributed by atoms with E-state index in [-0.39, 0.29) is 37.8 Å². The molecule has 0 saturated heterocycles. The predicted molar refractivity (Wildman–Crippen MR) is 166 cm³/mol. The summed E-state index contributed by atoms with van der Waals surface area (Å²) in [5.74, 6) is 1.09. The average molecular weight is 720 g/mol. The molecule has 5 heteroatoms. The maximum absolute atomic E-state index is 10.7. The van der Waals surface area contributed by atoms with Crippen LogP contribution in [0.25, 0.3) is 55.6 Å². The number of rotatable bonds is 3. The van der Waals surface area contributed by atoms with Crippen LogP contribution in [0.3, 0.4) is 0 Å². The molecule has 0 atom stereocenters. The maximum atomic E-state index is 10.7. The smallest absolute Gasteiger partial charge is 0.123 e. The zero-order valence-corrected chi connectivity index (χ0v) is 26.5. The Bertz CT molecular complexity index is 1890. The monoisotopic (exact) mass is 719 g/mol. The molecule has 0 spiro atoms. The molecule has 6 aromatic rings. The number of pyridine rings is 1. The summed E-state index contributed by atoms with van der Waals surface area (Å²) in [4.78, 5) is 9.99. The molecule has 0 radical (unpaired) electrons. The minimum Gasteiger partial charge on any atom is -0.507 e. The van der Waals surface area contributed by atoms with Gasteiger partial charge in [-0.3, -0.25) is 9.97 Å². The summed E-state index contributed by atoms with van der Waals surface area (Å²) in [5.41, 5.74) is 8.50. The van der Waals surface area contributed by atoms with Crippen LogP contribution in [0.5, 0.6) is 5.75 Å². The van der Waals surface area contributed by atoms with Crippen LogP contribution in [0.15, 0.2) is 91.1 Å². The number of phenolic OH excluding ortho intramolecular Hbond substituents is 1. The summed E-state index contributed by atoms with van der Waals surface area (Å²) in [7, 11) is 0.